The van der Waals surface area contributed by atoms with Crippen LogP contribution in [0.15, 0.2) is 33.2 Å². The van der Waals surface area contributed by atoms with Crippen LogP contribution >= 0.6 is 0 Å². The van der Waals surface area contributed by atoms with E-state index in [2.05, 4.69) is 10.1 Å². The van der Waals surface area contributed by atoms with Crippen molar-refractivity contribution >= 4 is 16.9 Å². The highest BCUT2D eigenvalue weighted by molar-refractivity contribution is 5.99. The van der Waals surface area contributed by atoms with E-state index in [1.165, 1.54) is 0 Å². The Morgan fingerprint density at radius 3 is 2.88 bits per heavy atom. The molecule has 3 aromatic rings. The lowest BCUT2D eigenvalue weighted by Crippen LogP contribution is -2.39. The van der Waals surface area contributed by atoms with E-state index in [0.717, 1.165) is 35.9 Å². The third-order valence-electron chi connectivity index (χ3n) is 4.64. The molecule has 0 aliphatic carbocycles. The molecule has 0 radical (unpaired) electrons. The molecule has 0 spiro atoms. The molecule has 0 bridgehead atoms. The second kappa shape index (κ2) is 5.78. The molecular weight excluding hydrogens is 306 g/mol. The van der Waals surface area contributed by atoms with Crippen LogP contribution in [0.1, 0.15) is 46.6 Å². The second-order valence-corrected chi connectivity index (χ2v) is 6.32. The van der Waals surface area contributed by atoms with Gasteiger partial charge in [0.2, 0.25) is 5.89 Å². The fourth-order valence-corrected chi connectivity index (χ4v) is 3.36. The molecule has 6 nitrogen and oxygen atoms in total. The van der Waals surface area contributed by atoms with Gasteiger partial charge in [-0.3, -0.25) is 4.79 Å². The molecule has 1 aliphatic rings. The van der Waals surface area contributed by atoms with Gasteiger partial charge in [0.05, 0.1) is 5.92 Å². The van der Waals surface area contributed by atoms with Gasteiger partial charge in [0.1, 0.15) is 5.58 Å². The maximum Gasteiger partial charge on any atom is 0.289 e. The van der Waals surface area contributed by atoms with Crippen LogP contribution < -0.4 is 0 Å². The van der Waals surface area contributed by atoms with E-state index in [-0.39, 0.29) is 11.8 Å². The second-order valence-electron chi connectivity index (χ2n) is 6.32. The molecule has 1 fully saturated rings. The number of fused-ring (bicyclic) bond motifs is 1. The Morgan fingerprint density at radius 2 is 2.12 bits per heavy atom. The number of amides is 1. The Kier molecular flexibility index (Phi) is 3.59. The van der Waals surface area contributed by atoms with Crippen LogP contribution in [0.4, 0.5) is 0 Å². The standard InChI is InChI=1S/C18H19N3O3/c1-11-14-7-3-4-8-15(14)23-16(11)18(22)21-9-5-6-13(10-21)17-19-12(2)20-24-17/h3-4,7-8,13H,5-6,9-10H2,1-2H3. The lowest BCUT2D eigenvalue weighted by Gasteiger charge is -2.30. The average Bonchev–Trinajstić information content (AvgIpc) is 3.19. The number of hydrogen-bond donors (Lipinski definition) is 0. The van der Waals surface area contributed by atoms with Crippen LogP contribution in [-0.2, 0) is 0 Å². The summed E-state index contributed by atoms with van der Waals surface area (Å²) in [5.74, 6) is 1.70. The zero-order valence-corrected chi connectivity index (χ0v) is 13.8. The maximum absolute atomic E-state index is 12.9. The predicted molar refractivity (Wildman–Crippen MR) is 87.9 cm³/mol. The van der Waals surface area contributed by atoms with Gasteiger partial charge >= 0.3 is 0 Å². The van der Waals surface area contributed by atoms with Crippen LogP contribution in [0, 0.1) is 13.8 Å². The van der Waals surface area contributed by atoms with Crippen LogP contribution in [0.2, 0.25) is 0 Å². The topological polar surface area (TPSA) is 72.4 Å². The highest BCUT2D eigenvalue weighted by Gasteiger charge is 2.31. The molecule has 1 saturated heterocycles. The van der Waals surface area contributed by atoms with Gasteiger partial charge in [0, 0.05) is 24.0 Å². The molecule has 1 aromatic carbocycles. The van der Waals surface area contributed by atoms with Crippen molar-refractivity contribution in [3.05, 3.63) is 47.3 Å². The molecule has 24 heavy (non-hydrogen) atoms. The van der Waals surface area contributed by atoms with Gasteiger partial charge in [-0.15, -0.1) is 0 Å². The van der Waals surface area contributed by atoms with Gasteiger partial charge in [-0.25, -0.2) is 0 Å². The van der Waals surface area contributed by atoms with E-state index in [4.69, 9.17) is 8.94 Å². The lowest BCUT2D eigenvalue weighted by atomic mass is 9.97. The third-order valence-corrected chi connectivity index (χ3v) is 4.64. The number of furan rings is 1. The van der Waals surface area contributed by atoms with Gasteiger partial charge < -0.3 is 13.8 Å². The molecule has 4 rings (SSSR count). The normalized spacial score (nSPS) is 18.2. The molecular formula is C18H19N3O3. The molecule has 1 aliphatic heterocycles. The Balaban J connectivity index is 1.60. The van der Waals surface area contributed by atoms with Crippen LogP contribution in [0.5, 0.6) is 0 Å². The summed E-state index contributed by atoms with van der Waals surface area (Å²) >= 11 is 0. The summed E-state index contributed by atoms with van der Waals surface area (Å²) in [6, 6.07) is 7.73. The van der Waals surface area contributed by atoms with Crippen molar-refractivity contribution in [3.63, 3.8) is 0 Å². The van der Waals surface area contributed by atoms with Gasteiger partial charge in [-0.05, 0) is 32.8 Å². The number of carbonyl (C=O) groups is 1. The van der Waals surface area contributed by atoms with Gasteiger partial charge in [0.25, 0.3) is 5.91 Å². The van der Waals surface area contributed by atoms with Crippen molar-refractivity contribution in [2.24, 2.45) is 0 Å². The summed E-state index contributed by atoms with van der Waals surface area (Å²) in [5.41, 5.74) is 1.64. The zero-order valence-electron chi connectivity index (χ0n) is 13.8. The summed E-state index contributed by atoms with van der Waals surface area (Å²) in [4.78, 5) is 19.1. The number of rotatable bonds is 2. The number of aromatic nitrogens is 2. The molecule has 1 amide bonds. The Morgan fingerprint density at radius 1 is 1.29 bits per heavy atom. The largest absolute Gasteiger partial charge is 0.451 e. The van der Waals surface area contributed by atoms with Gasteiger partial charge in [0.15, 0.2) is 11.6 Å². The lowest BCUT2D eigenvalue weighted by molar-refractivity contribution is 0.0665. The minimum Gasteiger partial charge on any atom is -0.451 e. The fraction of sp³-hybridized carbons (Fsp3) is 0.389. The van der Waals surface area contributed by atoms with E-state index in [9.17, 15) is 4.79 Å². The van der Waals surface area contributed by atoms with Crippen LogP contribution in [-0.4, -0.2) is 34.0 Å². The first-order valence-corrected chi connectivity index (χ1v) is 8.21. The number of benzene rings is 1. The van der Waals surface area contributed by atoms with Crippen molar-refractivity contribution in [2.75, 3.05) is 13.1 Å². The number of piperidine rings is 1. The smallest absolute Gasteiger partial charge is 0.289 e. The van der Waals surface area contributed by atoms with Crippen molar-refractivity contribution in [1.82, 2.24) is 15.0 Å². The van der Waals surface area contributed by atoms with E-state index in [1.807, 2.05) is 36.1 Å². The summed E-state index contributed by atoms with van der Waals surface area (Å²) in [7, 11) is 0. The zero-order chi connectivity index (χ0) is 16.7. The summed E-state index contributed by atoms with van der Waals surface area (Å²) in [6.45, 7) is 5.04. The summed E-state index contributed by atoms with van der Waals surface area (Å²) in [6.07, 6.45) is 1.86. The Labute approximate surface area is 139 Å². The number of hydrogen-bond acceptors (Lipinski definition) is 5. The van der Waals surface area contributed by atoms with Crippen LogP contribution in [0.3, 0.4) is 0 Å². The molecule has 0 N–H and O–H groups in total. The molecule has 124 valence electrons. The predicted octanol–water partition coefficient (Wildman–Crippen LogP) is 3.45. The number of para-hydroxylation sites is 1. The molecule has 0 saturated carbocycles. The Hall–Kier alpha value is -2.63. The highest BCUT2D eigenvalue weighted by Crippen LogP contribution is 2.30. The molecule has 3 heterocycles. The molecule has 2 aromatic heterocycles. The van der Waals surface area contributed by atoms with E-state index < -0.39 is 0 Å². The quantitative estimate of drug-likeness (QED) is 0.721. The molecule has 1 unspecified atom stereocenters. The first-order valence-electron chi connectivity index (χ1n) is 8.21. The summed E-state index contributed by atoms with van der Waals surface area (Å²) in [5, 5.41) is 4.84. The van der Waals surface area contributed by atoms with Gasteiger partial charge in [-0.1, -0.05) is 23.4 Å². The van der Waals surface area contributed by atoms with E-state index in [1.54, 1.807) is 6.92 Å². The minimum absolute atomic E-state index is 0.0652. The fourth-order valence-electron chi connectivity index (χ4n) is 3.36. The first-order chi connectivity index (χ1) is 11.6. The van der Waals surface area contributed by atoms with Crippen molar-refractivity contribution in [2.45, 2.75) is 32.6 Å². The number of aryl methyl sites for hydroxylation is 2. The Bertz CT molecular complexity index is 896. The van der Waals surface area contributed by atoms with E-state index >= 15 is 0 Å². The highest BCUT2D eigenvalue weighted by atomic mass is 16.5. The summed E-state index contributed by atoms with van der Waals surface area (Å²) < 4.78 is 11.1. The minimum atomic E-state index is -0.0652. The molecule has 6 heteroatoms. The average molecular weight is 325 g/mol. The van der Waals surface area contributed by atoms with Crippen molar-refractivity contribution in [1.29, 1.82) is 0 Å². The van der Waals surface area contributed by atoms with Crippen molar-refractivity contribution < 1.29 is 13.7 Å². The number of carbonyl (C=O) groups excluding carboxylic acids is 1. The van der Waals surface area contributed by atoms with E-state index in [0.29, 0.717) is 24.0 Å². The monoisotopic (exact) mass is 325 g/mol. The maximum atomic E-state index is 12.9. The number of nitrogens with zero attached hydrogens (tertiary/aromatic N) is 3. The third kappa shape index (κ3) is 2.48. The first kappa shape index (κ1) is 14.9. The SMILES string of the molecule is Cc1noc(C2CCCN(C(=O)c3oc4ccccc4c3C)C2)n1. The number of likely N-dealkylation sites (tertiary alicyclic amines) is 1. The molecule has 1 atom stereocenters. The van der Waals surface area contributed by atoms with Gasteiger partial charge in [-0.2, -0.15) is 4.98 Å². The van der Waals surface area contributed by atoms with Crippen LogP contribution in [0.25, 0.3) is 11.0 Å². The van der Waals surface area contributed by atoms with Crippen molar-refractivity contribution in [3.8, 4) is 0 Å².